The lowest BCUT2D eigenvalue weighted by Crippen LogP contribution is -2.46. The summed E-state index contributed by atoms with van der Waals surface area (Å²) in [7, 11) is 4.09. The van der Waals surface area contributed by atoms with Gasteiger partial charge in [0.15, 0.2) is 0 Å². The molecule has 2 aliphatic rings. The number of amides is 1. The van der Waals surface area contributed by atoms with Crippen LogP contribution in [0.1, 0.15) is 24.8 Å². The van der Waals surface area contributed by atoms with Crippen LogP contribution in [-0.2, 0) is 16.0 Å². The zero-order valence-electron chi connectivity index (χ0n) is 16.3. The van der Waals surface area contributed by atoms with Crippen molar-refractivity contribution in [2.24, 2.45) is 5.92 Å². The van der Waals surface area contributed by atoms with E-state index in [9.17, 15) is 4.79 Å². The highest BCUT2D eigenvalue weighted by Crippen LogP contribution is 2.20. The number of hydrogen-bond donors (Lipinski definition) is 0. The Kier molecular flexibility index (Phi) is 6.92. The lowest BCUT2D eigenvalue weighted by atomic mass is 9.96. The van der Waals surface area contributed by atoms with Crippen LogP contribution < -0.4 is 4.90 Å². The molecule has 2 heterocycles. The van der Waals surface area contributed by atoms with Crippen LogP contribution in [0.25, 0.3) is 0 Å². The Morgan fingerprint density at radius 2 is 1.88 bits per heavy atom. The fourth-order valence-corrected chi connectivity index (χ4v) is 3.96. The van der Waals surface area contributed by atoms with Crippen molar-refractivity contribution in [3.63, 3.8) is 0 Å². The quantitative estimate of drug-likeness (QED) is 0.781. The maximum atomic E-state index is 12.7. The van der Waals surface area contributed by atoms with Crippen LogP contribution in [0.4, 0.5) is 5.69 Å². The van der Waals surface area contributed by atoms with Crippen LogP contribution in [-0.4, -0.2) is 75.7 Å². The topological polar surface area (TPSA) is 36.0 Å². The fourth-order valence-electron chi connectivity index (χ4n) is 3.96. The number of rotatable bonds is 6. The van der Waals surface area contributed by atoms with Gasteiger partial charge in [0.25, 0.3) is 0 Å². The van der Waals surface area contributed by atoms with Crippen molar-refractivity contribution in [3.8, 4) is 0 Å². The number of nitrogens with zero attached hydrogens (tertiary/aromatic N) is 3. The van der Waals surface area contributed by atoms with E-state index >= 15 is 0 Å². The number of carbonyl (C=O) groups excluding carboxylic acids is 1. The molecule has 0 aromatic heterocycles. The molecule has 5 nitrogen and oxygen atoms in total. The van der Waals surface area contributed by atoms with Gasteiger partial charge in [0.05, 0.1) is 13.2 Å². The van der Waals surface area contributed by atoms with Gasteiger partial charge in [-0.25, -0.2) is 0 Å². The summed E-state index contributed by atoms with van der Waals surface area (Å²) in [6.45, 7) is 6.73. The molecule has 5 heteroatoms. The normalized spacial score (nSPS) is 21.6. The first kappa shape index (κ1) is 19.2. The largest absolute Gasteiger partial charge is 0.379 e. The molecule has 1 aromatic carbocycles. The van der Waals surface area contributed by atoms with Gasteiger partial charge in [0.2, 0.25) is 5.91 Å². The van der Waals surface area contributed by atoms with Gasteiger partial charge in [-0.3, -0.25) is 9.69 Å². The second kappa shape index (κ2) is 9.38. The third-order valence-corrected chi connectivity index (χ3v) is 5.57. The Hall–Kier alpha value is -1.59. The minimum Gasteiger partial charge on any atom is -0.379 e. The first-order chi connectivity index (χ1) is 12.6. The maximum Gasteiger partial charge on any atom is 0.222 e. The number of aryl methyl sites for hydroxylation is 1. The fraction of sp³-hybridized carbons (Fsp3) is 0.667. The lowest BCUT2D eigenvalue weighted by molar-refractivity contribution is -0.133. The average molecular weight is 360 g/mol. The minimum atomic E-state index is 0.313. The number of hydrogen-bond acceptors (Lipinski definition) is 4. The van der Waals surface area contributed by atoms with Crippen molar-refractivity contribution in [3.05, 3.63) is 29.8 Å². The lowest BCUT2D eigenvalue weighted by Gasteiger charge is -2.36. The van der Waals surface area contributed by atoms with Gasteiger partial charge < -0.3 is 14.5 Å². The van der Waals surface area contributed by atoms with Gasteiger partial charge in [-0.1, -0.05) is 12.1 Å². The van der Waals surface area contributed by atoms with Crippen LogP contribution >= 0.6 is 0 Å². The predicted molar refractivity (Wildman–Crippen MR) is 106 cm³/mol. The van der Waals surface area contributed by atoms with Crippen molar-refractivity contribution >= 4 is 11.6 Å². The molecule has 2 aliphatic heterocycles. The highest BCUT2D eigenvalue weighted by Gasteiger charge is 2.25. The summed E-state index contributed by atoms with van der Waals surface area (Å²) in [6, 6.07) is 8.53. The second-order valence-corrected chi connectivity index (χ2v) is 7.82. The molecule has 26 heavy (non-hydrogen) atoms. The first-order valence-corrected chi connectivity index (χ1v) is 9.96. The van der Waals surface area contributed by atoms with Gasteiger partial charge in [-0.2, -0.15) is 0 Å². The van der Waals surface area contributed by atoms with Crippen LogP contribution in [0.3, 0.4) is 0 Å². The van der Waals surface area contributed by atoms with Crippen molar-refractivity contribution in [1.82, 2.24) is 9.80 Å². The molecular weight excluding hydrogens is 326 g/mol. The zero-order chi connectivity index (χ0) is 18.4. The number of piperidine rings is 1. The number of morpholine rings is 1. The summed E-state index contributed by atoms with van der Waals surface area (Å²) < 4.78 is 5.43. The molecule has 0 bridgehead atoms. The number of ether oxygens (including phenoxy) is 1. The molecule has 1 atom stereocenters. The molecule has 0 N–H and O–H groups in total. The van der Waals surface area contributed by atoms with Crippen molar-refractivity contribution in [2.75, 3.05) is 64.9 Å². The van der Waals surface area contributed by atoms with Gasteiger partial charge in [-0.15, -0.1) is 0 Å². The van der Waals surface area contributed by atoms with E-state index in [4.69, 9.17) is 4.74 Å². The molecule has 1 amide bonds. The summed E-state index contributed by atoms with van der Waals surface area (Å²) in [4.78, 5) is 19.4. The van der Waals surface area contributed by atoms with E-state index in [1.165, 1.54) is 17.7 Å². The molecule has 0 saturated carbocycles. The molecule has 1 unspecified atom stereocenters. The number of carbonyl (C=O) groups is 1. The molecule has 3 rings (SSSR count). The molecule has 0 spiro atoms. The standard InChI is InChI=1S/C21H33N3O2/c1-22(2)20-8-5-18(6-9-20)7-10-21(25)24-11-3-4-19(17-24)16-23-12-14-26-15-13-23/h5-6,8-9,19H,3-4,7,10-17H2,1-2H3. The minimum absolute atomic E-state index is 0.313. The predicted octanol–water partition coefficient (Wildman–Crippen LogP) is 2.26. The molecule has 2 saturated heterocycles. The Bertz CT molecular complexity index is 567. The SMILES string of the molecule is CN(C)c1ccc(CCC(=O)N2CCCC(CN3CCOCC3)C2)cc1. The Morgan fingerprint density at radius 3 is 2.58 bits per heavy atom. The third kappa shape index (κ3) is 5.45. The van der Waals surface area contributed by atoms with E-state index in [-0.39, 0.29) is 0 Å². The van der Waals surface area contributed by atoms with Crippen LogP contribution in [0.2, 0.25) is 0 Å². The van der Waals surface area contributed by atoms with E-state index in [0.29, 0.717) is 18.2 Å². The van der Waals surface area contributed by atoms with Crippen LogP contribution in [0, 0.1) is 5.92 Å². The molecule has 144 valence electrons. The van der Waals surface area contributed by atoms with Crippen molar-refractivity contribution < 1.29 is 9.53 Å². The van der Waals surface area contributed by atoms with Crippen molar-refractivity contribution in [1.29, 1.82) is 0 Å². The van der Waals surface area contributed by atoms with E-state index in [2.05, 4.69) is 39.0 Å². The Labute approximate surface area is 157 Å². The second-order valence-electron chi connectivity index (χ2n) is 7.82. The van der Waals surface area contributed by atoms with E-state index in [1.807, 2.05) is 14.1 Å². The molecule has 1 aromatic rings. The van der Waals surface area contributed by atoms with Crippen molar-refractivity contribution in [2.45, 2.75) is 25.7 Å². The van der Waals surface area contributed by atoms with Gasteiger partial charge >= 0.3 is 0 Å². The monoisotopic (exact) mass is 359 g/mol. The van der Waals surface area contributed by atoms with Gasteiger partial charge in [0.1, 0.15) is 0 Å². The number of benzene rings is 1. The highest BCUT2D eigenvalue weighted by molar-refractivity contribution is 5.76. The number of likely N-dealkylation sites (tertiary alicyclic amines) is 1. The Balaban J connectivity index is 1.44. The summed E-state index contributed by atoms with van der Waals surface area (Å²) in [5.74, 6) is 0.929. The first-order valence-electron chi connectivity index (χ1n) is 9.96. The highest BCUT2D eigenvalue weighted by atomic mass is 16.5. The molecule has 2 fully saturated rings. The van der Waals surface area contributed by atoms with E-state index < -0.39 is 0 Å². The summed E-state index contributed by atoms with van der Waals surface area (Å²) >= 11 is 0. The summed E-state index contributed by atoms with van der Waals surface area (Å²) in [6.07, 6.45) is 3.83. The van der Waals surface area contributed by atoms with Gasteiger partial charge in [0, 0.05) is 58.9 Å². The van der Waals surface area contributed by atoms with Crippen LogP contribution in [0.15, 0.2) is 24.3 Å². The molecule has 0 aliphatic carbocycles. The molecular formula is C21H33N3O2. The summed E-state index contributed by atoms with van der Waals surface area (Å²) in [5, 5.41) is 0. The zero-order valence-corrected chi connectivity index (χ0v) is 16.3. The van der Waals surface area contributed by atoms with E-state index in [1.54, 1.807) is 0 Å². The maximum absolute atomic E-state index is 12.7. The average Bonchev–Trinajstić information content (AvgIpc) is 2.67. The molecule has 0 radical (unpaired) electrons. The smallest absolute Gasteiger partial charge is 0.222 e. The number of anilines is 1. The van der Waals surface area contributed by atoms with Gasteiger partial charge in [-0.05, 0) is 42.9 Å². The van der Waals surface area contributed by atoms with E-state index in [0.717, 1.165) is 58.8 Å². The Morgan fingerprint density at radius 1 is 1.15 bits per heavy atom. The third-order valence-electron chi connectivity index (χ3n) is 5.57. The van der Waals surface area contributed by atoms with Crippen LogP contribution in [0.5, 0.6) is 0 Å². The summed E-state index contributed by atoms with van der Waals surface area (Å²) in [5.41, 5.74) is 2.44.